The van der Waals surface area contributed by atoms with Gasteiger partial charge in [0, 0.05) is 23.5 Å². The van der Waals surface area contributed by atoms with E-state index in [0.717, 1.165) is 46.9 Å². The van der Waals surface area contributed by atoms with Crippen LogP contribution in [0.3, 0.4) is 0 Å². The minimum atomic E-state index is -0.651. The van der Waals surface area contributed by atoms with Crippen LogP contribution in [0.5, 0.6) is 5.75 Å². The molecule has 1 aromatic heterocycles. The summed E-state index contributed by atoms with van der Waals surface area (Å²) >= 11 is 0. The van der Waals surface area contributed by atoms with Gasteiger partial charge >= 0.3 is 5.97 Å². The fourth-order valence-electron chi connectivity index (χ4n) is 4.23. The van der Waals surface area contributed by atoms with Gasteiger partial charge in [0.05, 0.1) is 6.04 Å². The van der Waals surface area contributed by atoms with Gasteiger partial charge in [-0.15, -0.1) is 24.8 Å². The third-order valence-electron chi connectivity index (χ3n) is 6.60. The molecular weight excluding hydrogens is 516 g/mol. The molecule has 0 radical (unpaired) electrons. The van der Waals surface area contributed by atoms with Crippen LogP contribution in [0.1, 0.15) is 49.2 Å². The fourth-order valence-corrected chi connectivity index (χ4v) is 4.23. The van der Waals surface area contributed by atoms with Crippen molar-refractivity contribution >= 4 is 48.2 Å². The van der Waals surface area contributed by atoms with Crippen molar-refractivity contribution in [2.45, 2.75) is 53.1 Å². The Morgan fingerprint density at radius 1 is 1.14 bits per heavy atom. The van der Waals surface area contributed by atoms with Gasteiger partial charge in [-0.2, -0.15) is 4.98 Å². The quantitative estimate of drug-likeness (QED) is 0.295. The number of aromatic nitrogens is 2. The van der Waals surface area contributed by atoms with Gasteiger partial charge in [0.25, 0.3) is 0 Å². The zero-order valence-corrected chi connectivity index (χ0v) is 23.3. The number of nitrogens with one attached hydrogen (secondary N) is 1. The Hall–Kier alpha value is -2.94. The summed E-state index contributed by atoms with van der Waals surface area (Å²) in [4.78, 5) is 23.9. The van der Waals surface area contributed by atoms with Gasteiger partial charge in [0.15, 0.2) is 0 Å². The molecule has 37 heavy (non-hydrogen) atoms. The molecule has 2 aromatic carbocycles. The van der Waals surface area contributed by atoms with Crippen molar-refractivity contribution in [3.8, 4) is 5.75 Å². The van der Waals surface area contributed by atoms with Crippen molar-refractivity contribution in [3.05, 3.63) is 70.7 Å². The topological polar surface area (TPSA) is 93.4 Å². The first kappa shape index (κ1) is 30.3. The normalized spacial score (nSPS) is 15.2. The first-order chi connectivity index (χ1) is 16.6. The van der Waals surface area contributed by atoms with Crippen molar-refractivity contribution in [1.29, 1.82) is 0 Å². The molecule has 3 aromatic rings. The van der Waals surface area contributed by atoms with Crippen LogP contribution >= 0.6 is 24.8 Å². The summed E-state index contributed by atoms with van der Waals surface area (Å²) in [5, 5.41) is 3.18. The lowest BCUT2D eigenvalue weighted by Crippen LogP contribution is -2.38. The maximum atomic E-state index is 13.3. The molecule has 10 heteroatoms. The van der Waals surface area contributed by atoms with E-state index in [1.807, 2.05) is 45.9 Å². The number of nitrogens with zero attached hydrogens (tertiary/aromatic N) is 3. The van der Waals surface area contributed by atoms with Gasteiger partial charge in [-0.25, -0.2) is 14.2 Å². The molecule has 2 heterocycles. The van der Waals surface area contributed by atoms with E-state index >= 15 is 0 Å². The molecule has 0 fully saturated rings. The number of carbonyl (C=O) groups excluding carboxylic acids is 1. The van der Waals surface area contributed by atoms with Crippen molar-refractivity contribution < 1.29 is 13.9 Å². The molecule has 0 saturated carbocycles. The molecule has 4 rings (SSSR count). The lowest BCUT2D eigenvalue weighted by molar-refractivity contribution is -0.136. The maximum absolute atomic E-state index is 13.3. The molecule has 1 aliphatic rings. The molecule has 0 bridgehead atoms. The van der Waals surface area contributed by atoms with E-state index in [9.17, 15) is 9.18 Å². The maximum Gasteiger partial charge on any atom is 0.328 e. The summed E-state index contributed by atoms with van der Waals surface area (Å²) in [6.07, 6.45) is 0.782. The highest BCUT2D eigenvalue weighted by atomic mass is 35.5. The number of hydrogen-bond donors (Lipinski definition) is 2. The van der Waals surface area contributed by atoms with E-state index in [0.29, 0.717) is 11.7 Å². The van der Waals surface area contributed by atoms with E-state index in [2.05, 4.69) is 22.1 Å². The summed E-state index contributed by atoms with van der Waals surface area (Å²) < 4.78 is 18.8. The van der Waals surface area contributed by atoms with Crippen LogP contribution in [0.25, 0.3) is 0 Å². The number of carbonyl (C=O) groups is 1. The number of ether oxygens (including phenoxy) is 1. The molecule has 200 valence electrons. The average molecular weight is 551 g/mol. The van der Waals surface area contributed by atoms with Gasteiger partial charge in [-0.3, -0.25) is 0 Å². The Labute approximate surface area is 229 Å². The van der Waals surface area contributed by atoms with Crippen LogP contribution in [0.15, 0.2) is 42.5 Å². The summed E-state index contributed by atoms with van der Waals surface area (Å²) in [6, 6.07) is 11.3. The predicted octanol–water partition coefficient (Wildman–Crippen LogP) is 5.83. The molecule has 2 unspecified atom stereocenters. The smallest absolute Gasteiger partial charge is 0.328 e. The Bertz CT molecular complexity index is 1240. The number of hydrogen-bond acceptors (Lipinski definition) is 7. The van der Waals surface area contributed by atoms with Crippen LogP contribution in [0, 0.1) is 25.6 Å². The Morgan fingerprint density at radius 2 is 1.81 bits per heavy atom. The number of nitrogens with two attached hydrogens (primary N) is 1. The molecule has 3 N–H and O–H groups in total. The summed E-state index contributed by atoms with van der Waals surface area (Å²) in [5.41, 5.74) is 10.8. The van der Waals surface area contributed by atoms with Crippen LogP contribution < -0.4 is 20.7 Å². The standard InChI is InChI=1S/C27H32FN5O2.2ClH/c1-15(2)24(29)26(34)35-22-10-11-23-18(5)33(13-12-19(23)14-22)25-16(3)17(4)30-27(32-25)31-21-8-6-20(28)7-9-21;;/h6-11,14-15,18,24H,12-13,29H2,1-5H3,(H,30,31,32);2*1H. The monoisotopic (exact) mass is 549 g/mol. The number of anilines is 3. The molecule has 7 nitrogen and oxygen atoms in total. The van der Waals surface area contributed by atoms with E-state index < -0.39 is 12.0 Å². The second kappa shape index (κ2) is 12.5. The Balaban J connectivity index is 0.00000241. The number of fused-ring (bicyclic) bond motifs is 1. The molecule has 0 spiro atoms. The lowest BCUT2D eigenvalue weighted by atomic mass is 9.93. The molecular formula is C27H34Cl2FN5O2. The van der Waals surface area contributed by atoms with Crippen LogP contribution in [0.4, 0.5) is 21.8 Å². The number of rotatable bonds is 6. The number of esters is 1. The molecule has 0 saturated heterocycles. The summed E-state index contributed by atoms with van der Waals surface area (Å²) in [5.74, 6) is 1.15. The highest BCUT2D eigenvalue weighted by Crippen LogP contribution is 2.36. The lowest BCUT2D eigenvalue weighted by Gasteiger charge is -2.37. The van der Waals surface area contributed by atoms with Gasteiger partial charge < -0.3 is 20.7 Å². The summed E-state index contributed by atoms with van der Waals surface area (Å²) in [7, 11) is 0. The largest absolute Gasteiger partial charge is 0.425 e. The van der Waals surface area contributed by atoms with Crippen molar-refractivity contribution in [2.75, 3.05) is 16.8 Å². The first-order valence-corrected chi connectivity index (χ1v) is 11.9. The number of aryl methyl sites for hydroxylation is 1. The number of halogens is 3. The minimum Gasteiger partial charge on any atom is -0.425 e. The van der Waals surface area contributed by atoms with E-state index in [1.54, 1.807) is 12.1 Å². The predicted molar refractivity (Wildman–Crippen MR) is 150 cm³/mol. The third kappa shape index (κ3) is 6.69. The second-order valence-corrected chi connectivity index (χ2v) is 9.38. The molecule has 2 atom stereocenters. The van der Waals surface area contributed by atoms with Gasteiger partial charge in [0.1, 0.15) is 23.4 Å². The third-order valence-corrected chi connectivity index (χ3v) is 6.60. The van der Waals surface area contributed by atoms with Gasteiger partial charge in [-0.1, -0.05) is 19.9 Å². The Kier molecular flexibility index (Phi) is 10.3. The van der Waals surface area contributed by atoms with Crippen LogP contribution in [0.2, 0.25) is 0 Å². The van der Waals surface area contributed by atoms with Crippen molar-refractivity contribution in [1.82, 2.24) is 9.97 Å². The Morgan fingerprint density at radius 3 is 2.46 bits per heavy atom. The van der Waals surface area contributed by atoms with Gasteiger partial charge in [0.2, 0.25) is 5.95 Å². The highest BCUT2D eigenvalue weighted by Gasteiger charge is 2.28. The zero-order chi connectivity index (χ0) is 25.3. The van der Waals surface area contributed by atoms with E-state index in [4.69, 9.17) is 15.5 Å². The number of benzene rings is 2. The average Bonchev–Trinajstić information content (AvgIpc) is 2.82. The zero-order valence-electron chi connectivity index (χ0n) is 21.6. The van der Waals surface area contributed by atoms with E-state index in [1.165, 1.54) is 12.1 Å². The fraction of sp³-hybridized carbons (Fsp3) is 0.370. The SMILES string of the molecule is Cc1nc(Nc2ccc(F)cc2)nc(N2CCc3cc(OC(=O)C(N)C(C)C)ccc3C2C)c1C.Cl.Cl. The molecule has 1 aliphatic heterocycles. The van der Waals surface area contributed by atoms with Crippen molar-refractivity contribution in [3.63, 3.8) is 0 Å². The summed E-state index contributed by atoms with van der Waals surface area (Å²) in [6.45, 7) is 10.7. The second-order valence-electron chi connectivity index (χ2n) is 9.38. The van der Waals surface area contributed by atoms with E-state index in [-0.39, 0.29) is 42.6 Å². The van der Waals surface area contributed by atoms with Crippen molar-refractivity contribution in [2.24, 2.45) is 11.7 Å². The molecule has 0 aliphatic carbocycles. The minimum absolute atomic E-state index is 0. The van der Waals surface area contributed by atoms with Gasteiger partial charge in [-0.05, 0) is 80.6 Å². The highest BCUT2D eigenvalue weighted by molar-refractivity contribution is 5.85. The first-order valence-electron chi connectivity index (χ1n) is 11.9. The van der Waals surface area contributed by atoms with Crippen LogP contribution in [-0.4, -0.2) is 28.5 Å². The molecule has 0 amide bonds. The van der Waals surface area contributed by atoms with Crippen LogP contribution in [-0.2, 0) is 11.2 Å².